The zero-order valence-corrected chi connectivity index (χ0v) is 68.1. The van der Waals surface area contributed by atoms with Gasteiger partial charge in [0, 0.05) is 57.7 Å². The predicted octanol–water partition coefficient (Wildman–Crippen LogP) is 2.94. The van der Waals surface area contributed by atoms with Crippen molar-refractivity contribution in [1.82, 2.24) is 42.5 Å². The van der Waals surface area contributed by atoms with Crippen molar-refractivity contribution >= 4 is 86.5 Å². The average molecular weight is 1760 g/mol. The van der Waals surface area contributed by atoms with Crippen LogP contribution >= 0.6 is 39.1 Å². The Bertz CT molecular complexity index is 4860. The van der Waals surface area contributed by atoms with Gasteiger partial charge in [-0.15, -0.1) is 0 Å². The molecule has 36 nitrogen and oxygen atoms in total. The van der Waals surface area contributed by atoms with Gasteiger partial charge in [-0.25, -0.2) is 4.79 Å². The number of ether oxygens (including phenoxy) is 8. The Morgan fingerprint density at radius 2 is 1.28 bits per heavy atom. The average Bonchev–Trinajstić information content (AvgIpc) is 0.763. The standard InChI is InChI=1S/C80H93BrCl2N10O26/c1-31(2)18-45(86-7)71(104)92-61-63(99)36-11-16-49(43(82)20-36)114-51-22-38-23-52(67(51)119-78-68(65(101)64(100)53(30-94)116-78)118-56-28-80(6,70(103)33(4)113-56)87-29-34-8-13-39(81)14-9-34)115-50-17-12-37(21-44(50)83)66(117-55-27-79(5,85)69(102)32(3)112-55)62-76(109)91-60(77(110)111)42-24-40(95)25-48(97)57(42)41-19-35(10-15-47(41)96)58(73(106)93-62)90-74(107)59(38)89-72(105)46(26-54(84)98)88-75(61)108/h8-17,19-25,31-33,45-46,53,55-56,58-66,68-70,78,86-87,94-97,99-103H,18,26-30,85H2,1-7H3,(H2,84,98)(H,88,108)(H,89,105)(H,90,107)(H,91,109)(H,92,104)(H,93,106)(H,110,111)/t32-,33-,45+,46-,53+,55-,56-,58+,59+,60-,61+,62-,63+,64+,65-,66+,68+,69-,70-,78-,79-,80-/m0/s1. The molecular weight excluding hydrogens is 1670 g/mol. The van der Waals surface area contributed by atoms with Crippen LogP contribution in [0.2, 0.25) is 10.0 Å². The van der Waals surface area contributed by atoms with Gasteiger partial charge < -0.3 is 143 Å². The highest BCUT2D eigenvalue weighted by Gasteiger charge is 2.53. The number of likely N-dealkylation sites (N-methyl/N-ethyl adjacent to an activating group) is 1. The summed E-state index contributed by atoms with van der Waals surface area (Å²) in [6.45, 7) is 9.10. The number of rotatable bonds is 18. The number of aliphatic hydroxyl groups excluding tert-OH is 6. The Hall–Kier alpha value is -9.62. The summed E-state index contributed by atoms with van der Waals surface area (Å²) in [7, 11) is 1.48. The second-order valence-electron chi connectivity index (χ2n) is 31.1. The number of primary amides is 1. The monoisotopic (exact) mass is 1760 g/mol. The van der Waals surface area contributed by atoms with Crippen LogP contribution < -0.4 is 68.2 Å². The summed E-state index contributed by atoms with van der Waals surface area (Å²) in [6, 6.07) is 7.01. The molecule has 0 spiro atoms. The molecule has 0 aliphatic carbocycles. The molecule has 0 radical (unpaired) electrons. The number of carboxylic acid groups (broad SMARTS) is 1. The van der Waals surface area contributed by atoms with E-state index in [1.807, 2.05) is 38.1 Å². The smallest absolute Gasteiger partial charge is 0.330 e. The normalized spacial score (nSPS) is 30.7. The lowest BCUT2D eigenvalue weighted by Crippen LogP contribution is -2.65. The summed E-state index contributed by atoms with van der Waals surface area (Å²) in [5.41, 5.74) is 7.84. The summed E-state index contributed by atoms with van der Waals surface area (Å²) < 4.78 is 53.5. The molecule has 119 heavy (non-hydrogen) atoms. The van der Waals surface area contributed by atoms with Crippen LogP contribution in [0.25, 0.3) is 11.1 Å². The Morgan fingerprint density at radius 3 is 1.89 bits per heavy atom. The van der Waals surface area contributed by atoms with Gasteiger partial charge >= 0.3 is 5.97 Å². The molecule has 14 rings (SSSR count). The maximum absolute atomic E-state index is 16.5. The topological polar surface area (TPSA) is 561 Å². The van der Waals surface area contributed by atoms with Crippen LogP contribution in [0, 0.1) is 5.92 Å². The minimum absolute atomic E-state index is 0.115. The third-order valence-electron chi connectivity index (χ3n) is 21.7. The van der Waals surface area contributed by atoms with E-state index in [9.17, 15) is 65.4 Å². The van der Waals surface area contributed by atoms with Gasteiger partial charge in [-0.1, -0.05) is 83.3 Å². The predicted molar refractivity (Wildman–Crippen MR) is 423 cm³/mol. The Morgan fingerprint density at radius 1 is 0.672 bits per heavy atom. The first-order valence-electron chi connectivity index (χ1n) is 38.0. The number of fused-ring (bicyclic) bond motifs is 15. The summed E-state index contributed by atoms with van der Waals surface area (Å²) in [6.07, 6.45) is -22.7. The molecule has 8 aliphatic heterocycles. The van der Waals surface area contributed by atoms with E-state index in [0.29, 0.717) is 0 Å². The lowest BCUT2D eigenvalue weighted by molar-refractivity contribution is -0.334. The summed E-state index contributed by atoms with van der Waals surface area (Å²) in [5.74, 6) is -16.1. The van der Waals surface area contributed by atoms with Gasteiger partial charge in [-0.05, 0) is 142 Å². The van der Waals surface area contributed by atoms with Gasteiger partial charge in [0.15, 0.2) is 36.2 Å². The van der Waals surface area contributed by atoms with Crippen molar-refractivity contribution in [1.29, 1.82) is 0 Å². The lowest BCUT2D eigenvalue weighted by Gasteiger charge is -2.48. The van der Waals surface area contributed by atoms with E-state index < -0.39 is 261 Å². The van der Waals surface area contributed by atoms with Crippen LogP contribution in [-0.4, -0.2) is 215 Å². The number of aromatic hydroxyl groups is 3. The van der Waals surface area contributed by atoms with Crippen molar-refractivity contribution in [2.75, 3.05) is 13.7 Å². The molecule has 6 aromatic rings. The number of phenols is 3. The maximum atomic E-state index is 16.5. The molecule has 6 aromatic carbocycles. The number of carboxylic acids is 1. The summed E-state index contributed by atoms with van der Waals surface area (Å²) >= 11 is 18.1. The Balaban J connectivity index is 1.10. The first-order chi connectivity index (χ1) is 56.2. The minimum Gasteiger partial charge on any atom is -0.508 e. The molecule has 8 aliphatic rings. The van der Waals surface area contributed by atoms with Gasteiger partial charge in [0.2, 0.25) is 53.4 Å². The number of hydrogen-bond acceptors (Lipinski definition) is 28. The third kappa shape index (κ3) is 19.4. The molecule has 0 saturated carbocycles. The number of carbonyl (C=O) groups excluding carboxylic acids is 7. The van der Waals surface area contributed by atoms with Gasteiger partial charge in [0.05, 0.1) is 53.5 Å². The molecule has 3 fully saturated rings. The number of nitrogens with two attached hydrogens (primary N) is 2. The van der Waals surface area contributed by atoms with E-state index in [2.05, 4.69) is 58.5 Å². The molecule has 640 valence electrons. The zero-order valence-electron chi connectivity index (χ0n) is 65.0. The number of amides is 7. The second kappa shape index (κ2) is 36.4. The van der Waals surface area contributed by atoms with E-state index in [4.69, 9.17) is 72.6 Å². The number of phenolic OH excluding ortho intramolecular Hbond substituents is 3. The molecular formula is C80H93BrCl2N10O26. The molecule has 22 N–H and O–H groups in total. The van der Waals surface area contributed by atoms with Crippen molar-refractivity contribution in [2.45, 2.75) is 207 Å². The SMILES string of the molecule is CN[C@H](CC(C)C)C(=O)N[C@H]1C(=O)N[C@@H](CC(N)=O)C(=O)N[C@H]2C(=O)N[C@H]3C(=O)N[C@H](C(=O)N[C@H](C(=O)O)c4cc(O)cc(O)c4-c4cc3ccc4O)[C@H](O[C@H]3C[C@](C)(N)[C@@H](O)[C@H](C)O3)c3ccc(c(Cl)c3)Oc3cc2cc(c3O[C@@H]2O[C@H](CO)[C@@H](O)[C@H](O)[C@H]2O[C@H]2C[C@](C)(NCc3ccc(Br)cc3)[C@@H](O)[C@H](C)O2)Oc2ccc(cc2Cl)[C@H]1O. The molecule has 3 saturated heterocycles. The number of benzene rings is 6. The number of nitrogens with one attached hydrogen (secondary N) is 8. The van der Waals surface area contributed by atoms with Crippen molar-refractivity contribution in [3.8, 4) is 57.1 Å². The summed E-state index contributed by atoms with van der Waals surface area (Å²) in [5, 5.41) is 137. The van der Waals surface area contributed by atoms with E-state index in [0.717, 1.165) is 58.6 Å². The highest BCUT2D eigenvalue weighted by atomic mass is 79.9. The fourth-order valence-electron chi connectivity index (χ4n) is 15.3. The van der Waals surface area contributed by atoms with E-state index >= 15 is 24.0 Å². The largest absolute Gasteiger partial charge is 0.508 e. The number of carbonyl (C=O) groups is 8. The van der Waals surface area contributed by atoms with Crippen LogP contribution in [0.3, 0.4) is 0 Å². The van der Waals surface area contributed by atoms with Crippen LogP contribution in [0.1, 0.15) is 131 Å². The molecule has 11 bridgehead atoms. The highest BCUT2D eigenvalue weighted by Crippen LogP contribution is 2.51. The van der Waals surface area contributed by atoms with Gasteiger partial charge in [-0.2, -0.15) is 0 Å². The highest BCUT2D eigenvalue weighted by molar-refractivity contribution is 9.10. The lowest BCUT2D eigenvalue weighted by atomic mass is 9.84. The second-order valence-corrected chi connectivity index (χ2v) is 32.9. The van der Waals surface area contributed by atoms with Crippen LogP contribution in [-0.2, 0) is 68.6 Å². The molecule has 0 unspecified atom stereocenters. The summed E-state index contributed by atoms with van der Waals surface area (Å²) in [4.78, 5) is 120. The Labute approximate surface area is 698 Å². The van der Waals surface area contributed by atoms with Crippen molar-refractivity contribution in [3.05, 3.63) is 151 Å². The minimum atomic E-state index is -2.39. The van der Waals surface area contributed by atoms with Crippen LogP contribution in [0.15, 0.2) is 108 Å². The van der Waals surface area contributed by atoms with E-state index in [-0.39, 0.29) is 59.2 Å². The molecule has 22 atom stereocenters. The van der Waals surface area contributed by atoms with Crippen LogP contribution in [0.4, 0.5) is 0 Å². The fourth-order valence-corrected chi connectivity index (χ4v) is 16.0. The maximum Gasteiger partial charge on any atom is 0.330 e. The molecule has 0 aromatic heterocycles. The first kappa shape index (κ1) is 88.7. The third-order valence-corrected chi connectivity index (χ3v) is 22.8. The number of aliphatic carboxylic acids is 1. The Kier molecular flexibility index (Phi) is 27.1. The fraction of sp³-hybridized carbons (Fsp3) is 0.450. The molecule has 8 heterocycles. The molecule has 39 heteroatoms. The quantitative estimate of drug-likeness (QED) is 0.0588. The van der Waals surface area contributed by atoms with E-state index in [1.165, 1.54) is 51.2 Å². The zero-order chi connectivity index (χ0) is 86.3. The van der Waals surface area contributed by atoms with Crippen LogP contribution in [0.5, 0.6) is 46.0 Å². The number of hydrogen-bond donors (Lipinski definition) is 20. The number of aliphatic hydroxyl groups is 6. The van der Waals surface area contributed by atoms with Gasteiger partial charge in [0.1, 0.15) is 89.5 Å². The van der Waals surface area contributed by atoms with Crippen molar-refractivity contribution in [3.63, 3.8) is 0 Å². The van der Waals surface area contributed by atoms with Gasteiger partial charge in [0.25, 0.3) is 0 Å². The van der Waals surface area contributed by atoms with Gasteiger partial charge in [-0.3, -0.25) is 33.6 Å². The molecule has 7 amide bonds. The first-order valence-corrected chi connectivity index (χ1v) is 39.5. The van der Waals surface area contributed by atoms with Crippen molar-refractivity contribution < 1.29 is 127 Å². The number of halogens is 3. The van der Waals surface area contributed by atoms with Crippen molar-refractivity contribution in [2.24, 2.45) is 17.4 Å². The van der Waals surface area contributed by atoms with E-state index in [1.54, 1.807) is 13.8 Å².